The third-order valence-corrected chi connectivity index (χ3v) is 3.67. The number of nitrogens with zero attached hydrogens (tertiary/aromatic N) is 1. The normalized spacial score (nSPS) is 12.7. The minimum Gasteiger partial charge on any atom is -0.378 e. The van der Waals surface area contributed by atoms with Crippen molar-refractivity contribution in [1.82, 2.24) is 10.3 Å². The molecule has 3 N–H and O–H groups in total. The molecule has 1 rings (SSSR count). The number of ether oxygens (including phenoxy) is 1. The van der Waals surface area contributed by atoms with Gasteiger partial charge < -0.3 is 15.8 Å². The van der Waals surface area contributed by atoms with Crippen molar-refractivity contribution >= 4 is 17.2 Å². The number of hydrogen-bond donors (Lipinski definition) is 2. The molecule has 108 valence electrons. The predicted octanol–water partition coefficient (Wildman–Crippen LogP) is 1.78. The van der Waals surface area contributed by atoms with Gasteiger partial charge in [-0.15, -0.1) is 11.3 Å². The second-order valence-corrected chi connectivity index (χ2v) is 5.56. The first kappa shape index (κ1) is 16.1. The van der Waals surface area contributed by atoms with Crippen molar-refractivity contribution in [2.24, 2.45) is 11.7 Å². The molecule has 0 aliphatic heterocycles. The highest BCUT2D eigenvalue weighted by Gasteiger charge is 2.14. The van der Waals surface area contributed by atoms with E-state index in [4.69, 9.17) is 10.5 Å². The van der Waals surface area contributed by atoms with E-state index in [1.54, 1.807) is 5.38 Å². The van der Waals surface area contributed by atoms with Crippen LogP contribution < -0.4 is 11.1 Å². The number of carbonyl (C=O) groups excluding carboxylic acids is 1. The van der Waals surface area contributed by atoms with Crippen LogP contribution in [0.5, 0.6) is 0 Å². The molecule has 0 aromatic carbocycles. The van der Waals surface area contributed by atoms with E-state index in [-0.39, 0.29) is 12.0 Å². The van der Waals surface area contributed by atoms with Crippen LogP contribution >= 0.6 is 11.3 Å². The van der Waals surface area contributed by atoms with Gasteiger partial charge in [-0.25, -0.2) is 4.98 Å². The standard InChI is InChI=1S/C13H23N3O2S/c1-4-18-11(9(2)3)5-6-15-13(17)10-8-19-12(7-14)16-10/h8-9,11H,4-7,14H2,1-3H3,(H,15,17). The molecule has 1 aromatic rings. The summed E-state index contributed by atoms with van der Waals surface area (Å²) in [4.78, 5) is 16.0. The van der Waals surface area contributed by atoms with Gasteiger partial charge in [0.15, 0.2) is 0 Å². The summed E-state index contributed by atoms with van der Waals surface area (Å²) in [5.41, 5.74) is 5.92. The van der Waals surface area contributed by atoms with Gasteiger partial charge in [0.05, 0.1) is 6.10 Å². The molecule has 0 bridgehead atoms. The Morgan fingerprint density at radius 1 is 1.58 bits per heavy atom. The molecule has 1 unspecified atom stereocenters. The van der Waals surface area contributed by atoms with E-state index >= 15 is 0 Å². The zero-order valence-electron chi connectivity index (χ0n) is 11.8. The van der Waals surface area contributed by atoms with Crippen LogP contribution in [0.4, 0.5) is 0 Å². The number of nitrogens with one attached hydrogen (secondary N) is 1. The SMILES string of the molecule is CCOC(CCNC(=O)c1csc(CN)n1)C(C)C. The molecule has 1 heterocycles. The quantitative estimate of drug-likeness (QED) is 0.763. The van der Waals surface area contributed by atoms with Crippen molar-refractivity contribution in [3.8, 4) is 0 Å². The lowest BCUT2D eigenvalue weighted by atomic mass is 10.0. The van der Waals surface area contributed by atoms with Gasteiger partial charge in [-0.3, -0.25) is 4.79 Å². The Hall–Kier alpha value is -0.980. The van der Waals surface area contributed by atoms with Gasteiger partial charge in [-0.2, -0.15) is 0 Å². The maximum atomic E-state index is 11.8. The molecular weight excluding hydrogens is 262 g/mol. The number of amides is 1. The van der Waals surface area contributed by atoms with Crippen LogP contribution in [0.1, 0.15) is 42.7 Å². The molecule has 0 radical (unpaired) electrons. The summed E-state index contributed by atoms with van der Waals surface area (Å²) in [6.45, 7) is 7.89. The Balaban J connectivity index is 2.37. The number of rotatable bonds is 8. The fourth-order valence-electron chi connectivity index (χ4n) is 1.75. The highest BCUT2D eigenvalue weighted by molar-refractivity contribution is 7.09. The zero-order chi connectivity index (χ0) is 14.3. The van der Waals surface area contributed by atoms with Gasteiger partial charge in [0, 0.05) is 25.1 Å². The maximum absolute atomic E-state index is 11.8. The molecule has 5 nitrogen and oxygen atoms in total. The Labute approximate surface area is 118 Å². The molecule has 1 aromatic heterocycles. The van der Waals surface area contributed by atoms with E-state index in [1.165, 1.54) is 11.3 Å². The Morgan fingerprint density at radius 3 is 2.84 bits per heavy atom. The molecule has 0 spiro atoms. The average Bonchev–Trinajstić information content (AvgIpc) is 2.86. The number of carbonyl (C=O) groups is 1. The lowest BCUT2D eigenvalue weighted by Crippen LogP contribution is -2.30. The van der Waals surface area contributed by atoms with Crippen molar-refractivity contribution in [1.29, 1.82) is 0 Å². The minimum absolute atomic E-state index is 0.144. The van der Waals surface area contributed by atoms with Gasteiger partial charge in [-0.1, -0.05) is 13.8 Å². The maximum Gasteiger partial charge on any atom is 0.270 e. The van der Waals surface area contributed by atoms with Crippen LogP contribution in [0.25, 0.3) is 0 Å². The number of hydrogen-bond acceptors (Lipinski definition) is 5. The summed E-state index contributed by atoms with van der Waals surface area (Å²) in [7, 11) is 0. The first-order valence-corrected chi connectivity index (χ1v) is 7.50. The summed E-state index contributed by atoms with van der Waals surface area (Å²) in [5.74, 6) is 0.301. The predicted molar refractivity (Wildman–Crippen MR) is 77.2 cm³/mol. The van der Waals surface area contributed by atoms with Gasteiger partial charge >= 0.3 is 0 Å². The topological polar surface area (TPSA) is 77.2 Å². The lowest BCUT2D eigenvalue weighted by molar-refractivity contribution is 0.0251. The summed E-state index contributed by atoms with van der Waals surface area (Å²) in [5, 5.41) is 5.38. The van der Waals surface area contributed by atoms with Crippen LogP contribution in [0, 0.1) is 5.92 Å². The van der Waals surface area contributed by atoms with Gasteiger partial charge in [0.25, 0.3) is 5.91 Å². The van der Waals surface area contributed by atoms with Gasteiger partial charge in [0.2, 0.25) is 0 Å². The molecular formula is C13H23N3O2S. The molecule has 0 fully saturated rings. The zero-order valence-corrected chi connectivity index (χ0v) is 12.6. The fraction of sp³-hybridized carbons (Fsp3) is 0.692. The molecule has 0 saturated heterocycles. The minimum atomic E-state index is -0.144. The third kappa shape index (κ3) is 5.26. The second-order valence-electron chi connectivity index (χ2n) is 4.61. The van der Waals surface area contributed by atoms with Crippen molar-refractivity contribution in [3.05, 3.63) is 16.1 Å². The lowest BCUT2D eigenvalue weighted by Gasteiger charge is -2.20. The van der Waals surface area contributed by atoms with Crippen LogP contribution in [-0.4, -0.2) is 30.1 Å². The number of thiazole rings is 1. The van der Waals surface area contributed by atoms with Crippen molar-refractivity contribution in [3.63, 3.8) is 0 Å². The highest BCUT2D eigenvalue weighted by atomic mass is 32.1. The monoisotopic (exact) mass is 285 g/mol. The second kappa shape index (κ2) is 8.24. The summed E-state index contributed by atoms with van der Waals surface area (Å²) in [6.07, 6.45) is 0.992. The summed E-state index contributed by atoms with van der Waals surface area (Å²) >= 11 is 1.41. The van der Waals surface area contributed by atoms with E-state index in [1.807, 2.05) is 6.92 Å². The van der Waals surface area contributed by atoms with E-state index in [0.717, 1.165) is 11.4 Å². The Kier molecular flexibility index (Phi) is 6.97. The van der Waals surface area contributed by atoms with Crippen LogP contribution in [0.2, 0.25) is 0 Å². The highest BCUT2D eigenvalue weighted by Crippen LogP contribution is 2.11. The Morgan fingerprint density at radius 2 is 2.32 bits per heavy atom. The number of nitrogens with two attached hydrogens (primary N) is 1. The molecule has 0 aliphatic carbocycles. The van der Waals surface area contributed by atoms with Crippen LogP contribution in [-0.2, 0) is 11.3 Å². The first-order chi connectivity index (χ1) is 9.08. The molecule has 19 heavy (non-hydrogen) atoms. The van der Waals surface area contributed by atoms with Crippen molar-refractivity contribution < 1.29 is 9.53 Å². The van der Waals surface area contributed by atoms with Crippen LogP contribution in [0.15, 0.2) is 5.38 Å². The van der Waals surface area contributed by atoms with E-state index < -0.39 is 0 Å². The molecule has 6 heteroatoms. The number of aromatic nitrogens is 1. The van der Waals surface area contributed by atoms with Crippen LogP contribution in [0.3, 0.4) is 0 Å². The molecule has 1 amide bonds. The Bertz CT molecular complexity index is 393. The largest absolute Gasteiger partial charge is 0.378 e. The smallest absolute Gasteiger partial charge is 0.270 e. The molecule has 0 saturated carbocycles. The summed E-state index contributed by atoms with van der Waals surface area (Å²) in [6, 6.07) is 0. The first-order valence-electron chi connectivity index (χ1n) is 6.62. The van der Waals surface area contributed by atoms with Crippen molar-refractivity contribution in [2.45, 2.75) is 39.8 Å². The molecule has 1 atom stereocenters. The third-order valence-electron chi connectivity index (χ3n) is 2.80. The van der Waals surface area contributed by atoms with Gasteiger partial charge in [0.1, 0.15) is 10.7 Å². The average molecular weight is 285 g/mol. The summed E-state index contributed by atoms with van der Waals surface area (Å²) < 4.78 is 5.63. The van der Waals surface area contributed by atoms with E-state index in [2.05, 4.69) is 24.1 Å². The van der Waals surface area contributed by atoms with Crippen molar-refractivity contribution in [2.75, 3.05) is 13.2 Å². The van der Waals surface area contributed by atoms with E-state index in [9.17, 15) is 4.79 Å². The fourth-order valence-corrected chi connectivity index (χ4v) is 2.41. The molecule has 0 aliphatic rings. The van der Waals surface area contributed by atoms with E-state index in [0.29, 0.717) is 31.3 Å². The van der Waals surface area contributed by atoms with Gasteiger partial charge in [-0.05, 0) is 19.3 Å².